The summed E-state index contributed by atoms with van der Waals surface area (Å²) in [6.07, 6.45) is 0. The van der Waals surface area contributed by atoms with Gasteiger partial charge in [0.15, 0.2) is 5.58 Å². The van der Waals surface area contributed by atoms with Crippen LogP contribution in [-0.4, -0.2) is 36.0 Å². The molecule has 7 nitrogen and oxygen atoms in total. The van der Waals surface area contributed by atoms with Crippen LogP contribution >= 0.6 is 11.8 Å². The van der Waals surface area contributed by atoms with Crippen molar-refractivity contribution in [2.24, 2.45) is 0 Å². The number of hydrogen-bond donors (Lipinski definition) is 0. The zero-order valence-electron chi connectivity index (χ0n) is 14.2. The molecule has 0 saturated carbocycles. The van der Waals surface area contributed by atoms with Gasteiger partial charge in [-0.05, 0) is 25.1 Å². The average Bonchev–Trinajstić information content (AvgIpc) is 3.18. The molecular formula is C16H19N3O4S2. The standard InChI is InChI=1S/C16H19N3O4S2/c1-4-19(5-2)25(20,21)13-6-7-15-14(9-13)17-16(22-15)24-10-12-8-11(3)23-18-12/h6-9H,4-5,10H2,1-3H3. The first-order chi connectivity index (χ1) is 11.9. The number of aryl methyl sites for hydroxylation is 1. The molecule has 0 saturated heterocycles. The molecule has 0 radical (unpaired) electrons. The van der Waals surface area contributed by atoms with Crippen LogP contribution in [-0.2, 0) is 15.8 Å². The molecule has 0 fully saturated rings. The normalized spacial score (nSPS) is 12.3. The Morgan fingerprint density at radius 1 is 1.20 bits per heavy atom. The van der Waals surface area contributed by atoms with Gasteiger partial charge in [0.2, 0.25) is 10.0 Å². The van der Waals surface area contributed by atoms with Crippen LogP contribution in [0.3, 0.4) is 0 Å². The summed E-state index contributed by atoms with van der Waals surface area (Å²) in [5, 5.41) is 4.39. The minimum absolute atomic E-state index is 0.223. The highest BCUT2D eigenvalue weighted by Crippen LogP contribution is 2.28. The van der Waals surface area contributed by atoms with E-state index in [0.29, 0.717) is 35.2 Å². The Labute approximate surface area is 150 Å². The smallest absolute Gasteiger partial charge is 0.257 e. The fourth-order valence-electron chi connectivity index (χ4n) is 2.44. The molecule has 2 aromatic heterocycles. The minimum atomic E-state index is -3.51. The molecule has 3 rings (SSSR count). The van der Waals surface area contributed by atoms with Gasteiger partial charge in [0.25, 0.3) is 5.22 Å². The Morgan fingerprint density at radius 2 is 1.96 bits per heavy atom. The first-order valence-electron chi connectivity index (χ1n) is 7.89. The van der Waals surface area contributed by atoms with Crippen LogP contribution in [0.1, 0.15) is 25.3 Å². The van der Waals surface area contributed by atoms with E-state index >= 15 is 0 Å². The number of hydrogen-bond acceptors (Lipinski definition) is 7. The number of oxazole rings is 1. The van der Waals surface area contributed by atoms with E-state index in [0.717, 1.165) is 11.5 Å². The summed E-state index contributed by atoms with van der Waals surface area (Å²) in [6, 6.07) is 6.60. The van der Waals surface area contributed by atoms with Crippen LogP contribution in [0.25, 0.3) is 11.1 Å². The predicted octanol–water partition coefficient (Wildman–Crippen LogP) is 3.45. The lowest BCUT2D eigenvalue weighted by Gasteiger charge is -2.18. The highest BCUT2D eigenvalue weighted by atomic mass is 32.2. The number of fused-ring (bicyclic) bond motifs is 1. The lowest BCUT2D eigenvalue weighted by molar-refractivity contribution is 0.392. The van der Waals surface area contributed by atoms with Gasteiger partial charge < -0.3 is 8.94 Å². The Kier molecular flexibility index (Phi) is 5.16. The zero-order valence-corrected chi connectivity index (χ0v) is 15.9. The van der Waals surface area contributed by atoms with E-state index < -0.39 is 10.0 Å². The number of nitrogens with zero attached hydrogens (tertiary/aromatic N) is 3. The van der Waals surface area contributed by atoms with E-state index in [1.54, 1.807) is 18.2 Å². The summed E-state index contributed by atoms with van der Waals surface area (Å²) in [6.45, 7) is 6.31. The van der Waals surface area contributed by atoms with Gasteiger partial charge in [-0.15, -0.1) is 0 Å². The highest BCUT2D eigenvalue weighted by Gasteiger charge is 2.22. The van der Waals surface area contributed by atoms with Gasteiger partial charge in [-0.25, -0.2) is 13.4 Å². The maximum absolute atomic E-state index is 12.6. The third-order valence-corrected chi connectivity index (χ3v) is 6.61. The molecule has 0 spiro atoms. The summed E-state index contributed by atoms with van der Waals surface area (Å²) in [7, 11) is -3.51. The van der Waals surface area contributed by atoms with Crippen molar-refractivity contribution in [1.82, 2.24) is 14.4 Å². The maximum Gasteiger partial charge on any atom is 0.257 e. The number of thioether (sulfide) groups is 1. The van der Waals surface area contributed by atoms with Crippen molar-refractivity contribution >= 4 is 32.9 Å². The van der Waals surface area contributed by atoms with Crippen molar-refractivity contribution in [1.29, 1.82) is 0 Å². The van der Waals surface area contributed by atoms with Crippen molar-refractivity contribution in [3.63, 3.8) is 0 Å². The van der Waals surface area contributed by atoms with Gasteiger partial charge in [-0.2, -0.15) is 4.31 Å². The van der Waals surface area contributed by atoms with Gasteiger partial charge in [-0.3, -0.25) is 0 Å². The van der Waals surface area contributed by atoms with Gasteiger partial charge in [0.1, 0.15) is 11.3 Å². The molecule has 3 aromatic rings. The van der Waals surface area contributed by atoms with E-state index in [1.165, 1.54) is 16.1 Å². The van der Waals surface area contributed by atoms with Crippen molar-refractivity contribution in [3.05, 3.63) is 35.7 Å². The summed E-state index contributed by atoms with van der Waals surface area (Å²) in [5.41, 5.74) is 1.87. The molecule has 0 aliphatic rings. The lowest BCUT2D eigenvalue weighted by Crippen LogP contribution is -2.30. The Balaban J connectivity index is 1.84. The van der Waals surface area contributed by atoms with Gasteiger partial charge in [0, 0.05) is 24.9 Å². The van der Waals surface area contributed by atoms with Crippen LogP contribution in [0, 0.1) is 6.92 Å². The highest BCUT2D eigenvalue weighted by molar-refractivity contribution is 7.98. The number of benzene rings is 1. The molecule has 9 heteroatoms. The van der Waals surface area contributed by atoms with Crippen molar-refractivity contribution < 1.29 is 17.4 Å². The topological polar surface area (TPSA) is 89.4 Å². The fraction of sp³-hybridized carbons (Fsp3) is 0.375. The largest absolute Gasteiger partial charge is 0.431 e. The molecule has 1 aromatic carbocycles. The van der Waals surface area contributed by atoms with Crippen molar-refractivity contribution in [2.75, 3.05) is 13.1 Å². The summed E-state index contributed by atoms with van der Waals surface area (Å²) < 4.78 is 37.3. The summed E-state index contributed by atoms with van der Waals surface area (Å²) >= 11 is 1.38. The van der Waals surface area contributed by atoms with E-state index in [4.69, 9.17) is 8.94 Å². The predicted molar refractivity (Wildman–Crippen MR) is 94.9 cm³/mol. The summed E-state index contributed by atoms with van der Waals surface area (Å²) in [4.78, 5) is 4.60. The second-order valence-corrected chi connectivity index (χ2v) is 8.28. The van der Waals surface area contributed by atoms with Crippen LogP contribution < -0.4 is 0 Å². The second-order valence-electron chi connectivity index (χ2n) is 5.42. The quantitative estimate of drug-likeness (QED) is 0.579. The van der Waals surface area contributed by atoms with E-state index in [2.05, 4.69) is 10.1 Å². The zero-order chi connectivity index (χ0) is 18.0. The van der Waals surface area contributed by atoms with Gasteiger partial charge in [0.05, 0.1) is 10.6 Å². The molecule has 134 valence electrons. The molecule has 0 bridgehead atoms. The number of sulfonamides is 1. The first kappa shape index (κ1) is 18.0. The molecule has 0 aliphatic heterocycles. The molecule has 0 amide bonds. The molecule has 0 unspecified atom stereocenters. The third kappa shape index (κ3) is 3.73. The molecule has 25 heavy (non-hydrogen) atoms. The first-order valence-corrected chi connectivity index (χ1v) is 10.3. The molecular weight excluding hydrogens is 362 g/mol. The minimum Gasteiger partial charge on any atom is -0.431 e. The Hall–Kier alpha value is -1.84. The molecule has 0 aliphatic carbocycles. The van der Waals surface area contributed by atoms with Gasteiger partial charge >= 0.3 is 0 Å². The fourth-order valence-corrected chi connectivity index (χ4v) is 4.64. The molecule has 2 heterocycles. The Bertz CT molecular complexity index is 974. The molecule has 0 atom stereocenters. The van der Waals surface area contributed by atoms with Crippen molar-refractivity contribution in [2.45, 2.75) is 36.6 Å². The average molecular weight is 381 g/mol. The van der Waals surface area contributed by atoms with Crippen LogP contribution in [0.4, 0.5) is 0 Å². The SMILES string of the molecule is CCN(CC)S(=O)(=O)c1ccc2oc(SCc3cc(C)on3)nc2c1. The van der Waals surface area contributed by atoms with E-state index in [9.17, 15) is 8.42 Å². The van der Waals surface area contributed by atoms with E-state index in [-0.39, 0.29) is 4.90 Å². The van der Waals surface area contributed by atoms with Crippen molar-refractivity contribution in [3.8, 4) is 0 Å². The second kappa shape index (κ2) is 7.19. The summed E-state index contributed by atoms with van der Waals surface area (Å²) in [5.74, 6) is 1.31. The Morgan fingerprint density at radius 3 is 2.60 bits per heavy atom. The van der Waals surface area contributed by atoms with Crippen LogP contribution in [0.2, 0.25) is 0 Å². The lowest BCUT2D eigenvalue weighted by atomic mass is 10.3. The van der Waals surface area contributed by atoms with E-state index in [1.807, 2.05) is 26.8 Å². The molecule has 0 N–H and O–H groups in total. The number of aromatic nitrogens is 2. The van der Waals surface area contributed by atoms with Crippen LogP contribution in [0.5, 0.6) is 0 Å². The van der Waals surface area contributed by atoms with Crippen LogP contribution in [0.15, 0.2) is 43.3 Å². The van der Waals surface area contributed by atoms with Gasteiger partial charge in [-0.1, -0.05) is 30.8 Å². The third-order valence-electron chi connectivity index (χ3n) is 3.70. The number of rotatable bonds is 7. The maximum atomic E-state index is 12.6. The monoisotopic (exact) mass is 381 g/mol.